The van der Waals surface area contributed by atoms with Crippen molar-refractivity contribution in [3.8, 4) is 0 Å². The van der Waals surface area contributed by atoms with E-state index in [0.717, 1.165) is 0 Å². The van der Waals surface area contributed by atoms with Crippen molar-refractivity contribution in [3.05, 3.63) is 11.8 Å². The van der Waals surface area contributed by atoms with Crippen LogP contribution in [0.5, 0.6) is 0 Å². The fourth-order valence-corrected chi connectivity index (χ4v) is 5.32. The van der Waals surface area contributed by atoms with E-state index in [9.17, 15) is 16.8 Å². The van der Waals surface area contributed by atoms with Crippen LogP contribution in [0.25, 0.3) is 0 Å². The summed E-state index contributed by atoms with van der Waals surface area (Å²) in [6, 6.07) is -0.363. The number of sulfone groups is 1. The highest BCUT2D eigenvalue weighted by Gasteiger charge is 2.32. The van der Waals surface area contributed by atoms with Gasteiger partial charge in [0.2, 0.25) is 0 Å². The van der Waals surface area contributed by atoms with Crippen molar-refractivity contribution in [2.75, 3.05) is 11.5 Å². The molecule has 1 unspecified atom stereocenters. The third kappa shape index (κ3) is 4.25. The highest BCUT2D eigenvalue weighted by molar-refractivity contribution is 7.92. The molecule has 120 valence electrons. The molecule has 21 heavy (non-hydrogen) atoms. The number of aromatic nitrogens is 2. The highest BCUT2D eigenvalue weighted by atomic mass is 32.2. The van der Waals surface area contributed by atoms with Gasteiger partial charge in [0.15, 0.2) is 14.9 Å². The molecule has 3 N–H and O–H groups in total. The van der Waals surface area contributed by atoms with E-state index in [0.29, 0.717) is 18.5 Å². The second-order valence-electron chi connectivity index (χ2n) is 5.48. The standard InChI is InChI=1S/C11H20N4O4S2/c1-8(2)12-5-9-6-13-14-11(9)21(18,19)15-10-3-4-20(16,17)7-10/h6,8,10,12,15H,3-5,7H2,1-2H3,(H,13,14). The molecule has 0 spiro atoms. The lowest BCUT2D eigenvalue weighted by molar-refractivity contribution is 0.551. The molecular weight excluding hydrogens is 316 g/mol. The molecule has 0 saturated carbocycles. The number of nitrogens with zero attached hydrogens (tertiary/aromatic N) is 1. The van der Waals surface area contributed by atoms with Gasteiger partial charge in [0.1, 0.15) is 0 Å². The van der Waals surface area contributed by atoms with Gasteiger partial charge in [-0.25, -0.2) is 21.6 Å². The Labute approximate surface area is 124 Å². The average molecular weight is 336 g/mol. The number of hydrogen-bond acceptors (Lipinski definition) is 6. The Morgan fingerprint density at radius 3 is 2.76 bits per heavy atom. The first-order valence-corrected chi connectivity index (χ1v) is 9.98. The van der Waals surface area contributed by atoms with Crippen LogP contribution < -0.4 is 10.0 Å². The molecule has 1 aliphatic rings. The maximum Gasteiger partial charge on any atom is 0.258 e. The van der Waals surface area contributed by atoms with Crippen LogP contribution in [0.15, 0.2) is 11.2 Å². The van der Waals surface area contributed by atoms with E-state index >= 15 is 0 Å². The number of sulfonamides is 1. The Morgan fingerprint density at radius 2 is 2.19 bits per heavy atom. The molecule has 0 aliphatic carbocycles. The molecule has 1 aromatic rings. The molecule has 1 aromatic heterocycles. The van der Waals surface area contributed by atoms with E-state index in [1.165, 1.54) is 6.20 Å². The van der Waals surface area contributed by atoms with Gasteiger partial charge in [-0.05, 0) is 6.42 Å². The first kappa shape index (κ1) is 16.4. The largest absolute Gasteiger partial charge is 0.310 e. The van der Waals surface area contributed by atoms with Gasteiger partial charge >= 0.3 is 0 Å². The first-order chi connectivity index (χ1) is 9.70. The topological polar surface area (TPSA) is 121 Å². The maximum atomic E-state index is 12.3. The molecule has 0 bridgehead atoms. The minimum Gasteiger partial charge on any atom is -0.310 e. The molecule has 0 amide bonds. The monoisotopic (exact) mass is 336 g/mol. The third-order valence-electron chi connectivity index (χ3n) is 3.20. The number of H-pyrrole nitrogens is 1. The molecule has 8 nitrogen and oxygen atoms in total. The van der Waals surface area contributed by atoms with Crippen molar-refractivity contribution in [2.24, 2.45) is 0 Å². The van der Waals surface area contributed by atoms with Gasteiger partial charge in [-0.2, -0.15) is 5.10 Å². The van der Waals surface area contributed by atoms with Crippen molar-refractivity contribution in [1.82, 2.24) is 20.2 Å². The Hall–Kier alpha value is -0.970. The van der Waals surface area contributed by atoms with E-state index in [4.69, 9.17) is 0 Å². The summed E-state index contributed by atoms with van der Waals surface area (Å²) in [7, 11) is -6.93. The Balaban J connectivity index is 2.11. The zero-order chi connectivity index (χ0) is 15.7. The Kier molecular flexibility index (Phi) is 4.71. The van der Waals surface area contributed by atoms with Gasteiger partial charge in [0, 0.05) is 24.2 Å². The molecule has 2 rings (SSSR count). The summed E-state index contributed by atoms with van der Waals surface area (Å²) in [6.45, 7) is 4.28. The van der Waals surface area contributed by atoms with Crippen molar-refractivity contribution < 1.29 is 16.8 Å². The summed E-state index contributed by atoms with van der Waals surface area (Å²) in [5, 5.41) is 9.35. The molecule has 0 radical (unpaired) electrons. The van der Waals surface area contributed by atoms with E-state index in [-0.39, 0.29) is 22.6 Å². The lowest BCUT2D eigenvalue weighted by Crippen LogP contribution is -2.36. The second kappa shape index (κ2) is 6.03. The molecule has 2 heterocycles. The quantitative estimate of drug-likeness (QED) is 0.636. The molecule has 1 atom stereocenters. The minimum atomic E-state index is -3.80. The molecule has 10 heteroatoms. The van der Waals surface area contributed by atoms with Crippen LogP contribution in [0.3, 0.4) is 0 Å². The van der Waals surface area contributed by atoms with Crippen LogP contribution in [0.4, 0.5) is 0 Å². The number of aromatic amines is 1. The van der Waals surface area contributed by atoms with E-state index in [1.54, 1.807) is 0 Å². The highest BCUT2D eigenvalue weighted by Crippen LogP contribution is 2.17. The molecule has 1 fully saturated rings. The van der Waals surface area contributed by atoms with Gasteiger partial charge in [0.25, 0.3) is 10.0 Å². The van der Waals surface area contributed by atoms with Crippen LogP contribution in [0, 0.1) is 0 Å². The van der Waals surface area contributed by atoms with Crippen LogP contribution in [0.1, 0.15) is 25.8 Å². The van der Waals surface area contributed by atoms with Crippen LogP contribution in [-0.2, 0) is 26.4 Å². The van der Waals surface area contributed by atoms with Crippen LogP contribution in [0.2, 0.25) is 0 Å². The van der Waals surface area contributed by atoms with Gasteiger partial charge in [-0.3, -0.25) is 5.10 Å². The van der Waals surface area contributed by atoms with Crippen molar-refractivity contribution in [3.63, 3.8) is 0 Å². The fraction of sp³-hybridized carbons (Fsp3) is 0.727. The van der Waals surface area contributed by atoms with Gasteiger partial charge in [-0.1, -0.05) is 13.8 Å². The number of nitrogens with one attached hydrogen (secondary N) is 3. The molecule has 1 aliphatic heterocycles. The van der Waals surface area contributed by atoms with Crippen molar-refractivity contribution in [1.29, 1.82) is 0 Å². The summed E-state index contributed by atoms with van der Waals surface area (Å²) < 4.78 is 49.9. The average Bonchev–Trinajstić information content (AvgIpc) is 2.93. The molecular formula is C11H20N4O4S2. The Bertz CT molecular complexity index is 694. The van der Waals surface area contributed by atoms with E-state index in [1.807, 2.05) is 13.8 Å². The predicted octanol–water partition coefficient (Wildman–Crippen LogP) is -0.627. The number of rotatable bonds is 6. The van der Waals surface area contributed by atoms with Crippen molar-refractivity contribution >= 4 is 19.9 Å². The zero-order valence-electron chi connectivity index (χ0n) is 12.0. The zero-order valence-corrected chi connectivity index (χ0v) is 13.6. The minimum absolute atomic E-state index is 0.0139. The van der Waals surface area contributed by atoms with Gasteiger partial charge in [0.05, 0.1) is 17.7 Å². The SMILES string of the molecule is CC(C)NCc1cn[nH]c1S(=O)(=O)NC1CCS(=O)(=O)C1. The van der Waals surface area contributed by atoms with Crippen molar-refractivity contribution in [2.45, 2.75) is 43.9 Å². The smallest absolute Gasteiger partial charge is 0.258 e. The van der Waals surface area contributed by atoms with E-state index < -0.39 is 25.9 Å². The normalized spacial score (nSPS) is 22.0. The van der Waals surface area contributed by atoms with Crippen LogP contribution >= 0.6 is 0 Å². The molecule has 0 aromatic carbocycles. The predicted molar refractivity (Wildman–Crippen MR) is 77.9 cm³/mol. The first-order valence-electron chi connectivity index (χ1n) is 6.68. The summed E-state index contributed by atoms with van der Waals surface area (Å²) in [5.41, 5.74) is 0.525. The van der Waals surface area contributed by atoms with E-state index in [2.05, 4.69) is 20.2 Å². The fourth-order valence-electron chi connectivity index (χ4n) is 2.14. The lowest BCUT2D eigenvalue weighted by atomic mass is 10.3. The second-order valence-corrected chi connectivity index (χ2v) is 9.36. The molecule has 1 saturated heterocycles. The summed E-state index contributed by atoms with van der Waals surface area (Å²) in [4.78, 5) is 0. The third-order valence-corrected chi connectivity index (χ3v) is 6.50. The summed E-state index contributed by atoms with van der Waals surface area (Å²) >= 11 is 0. The maximum absolute atomic E-state index is 12.3. The summed E-state index contributed by atoms with van der Waals surface area (Å²) in [6.07, 6.45) is 1.75. The Morgan fingerprint density at radius 1 is 1.48 bits per heavy atom. The lowest BCUT2D eigenvalue weighted by Gasteiger charge is -2.12. The van der Waals surface area contributed by atoms with Crippen LogP contribution in [-0.4, -0.2) is 50.6 Å². The number of hydrogen-bond donors (Lipinski definition) is 3. The van der Waals surface area contributed by atoms with Gasteiger partial charge < -0.3 is 5.32 Å². The summed E-state index contributed by atoms with van der Waals surface area (Å²) in [5.74, 6) is -0.134. The van der Waals surface area contributed by atoms with Gasteiger partial charge in [-0.15, -0.1) is 0 Å².